The summed E-state index contributed by atoms with van der Waals surface area (Å²) in [6, 6.07) is 85.9. The van der Waals surface area contributed by atoms with E-state index in [1.54, 1.807) is 11.6 Å². The van der Waals surface area contributed by atoms with Crippen molar-refractivity contribution in [1.82, 2.24) is 0 Å². The van der Waals surface area contributed by atoms with Crippen molar-refractivity contribution in [1.29, 1.82) is 0 Å². The number of benzene rings is 13. The third kappa shape index (κ3) is 8.57. The van der Waals surface area contributed by atoms with Gasteiger partial charge in [-0.05, 0) is 211 Å². The van der Waals surface area contributed by atoms with Crippen LogP contribution in [0.5, 0.6) is 0 Å². The van der Waals surface area contributed by atoms with Crippen molar-refractivity contribution < 1.29 is 0 Å². The largest absolute Gasteiger partial charge is 0.334 e. The zero-order chi connectivity index (χ0) is 54.0. The third-order valence-electron chi connectivity index (χ3n) is 17.8. The van der Waals surface area contributed by atoms with Crippen molar-refractivity contribution >= 4 is 104 Å². The van der Waals surface area contributed by atoms with Gasteiger partial charge in [0.05, 0.1) is 17.4 Å². The van der Waals surface area contributed by atoms with Crippen molar-refractivity contribution in [3.8, 4) is 22.3 Å². The number of nitrogens with zero attached hydrogens (tertiary/aromatic N) is 2. The molecule has 2 nitrogen and oxygen atoms in total. The first-order valence-corrected chi connectivity index (χ1v) is 29.1. The Labute approximate surface area is 474 Å². The van der Waals surface area contributed by atoms with Crippen LogP contribution in [-0.4, -0.2) is 6.04 Å². The predicted molar refractivity (Wildman–Crippen MR) is 350 cm³/mol. The highest BCUT2D eigenvalue weighted by Gasteiger charge is 2.30. The standard InChI is InChI=1S/C74H54N2.C5H8/c1-5-15-53-39-59(25-23-47(53)11-1)69-45-71(75(63-33-29-51-19-9-21-57(51)43-63)61-31-27-49-13-3-7-17-55(49)41-61)67-38-36-66-70(60-26-24-48-12-2-6-16-54(48)40-60)46-72(68-37-35-65(69)73(67)74(66)68)76(64-34-30-52-20-10-22-58(52)44-64)62-32-28-50-14-4-8-18-56(50)42-62;1-3-5-4-2/h1-8,11-18,23-33,35-46,64H,9-10,19-22,34H2;3-5H,1H2,2H3/b;5-4-. The first kappa shape index (κ1) is 48.6. The molecule has 0 radical (unpaired) electrons. The molecular formula is C79H62N2. The zero-order valence-electron chi connectivity index (χ0n) is 45.9. The van der Waals surface area contributed by atoms with Gasteiger partial charge < -0.3 is 9.80 Å². The first-order chi connectivity index (χ1) is 40.0. The molecule has 0 heterocycles. The van der Waals surface area contributed by atoms with E-state index in [1.165, 1.54) is 156 Å². The summed E-state index contributed by atoms with van der Waals surface area (Å²) < 4.78 is 0. The Kier molecular flexibility index (Phi) is 12.2. The molecule has 388 valence electrons. The average Bonchev–Trinajstić information content (AvgIpc) is 4.33. The lowest BCUT2D eigenvalue weighted by Crippen LogP contribution is -2.31. The number of hydrogen-bond donors (Lipinski definition) is 0. The van der Waals surface area contributed by atoms with Crippen LogP contribution in [0.2, 0.25) is 0 Å². The Hall–Kier alpha value is -9.50. The molecular weight excluding hydrogens is 977 g/mol. The zero-order valence-corrected chi connectivity index (χ0v) is 45.9. The van der Waals surface area contributed by atoms with Crippen molar-refractivity contribution in [2.75, 3.05) is 9.80 Å². The lowest BCUT2D eigenvalue weighted by atomic mass is 9.84. The van der Waals surface area contributed by atoms with E-state index in [2.05, 4.69) is 253 Å². The summed E-state index contributed by atoms with van der Waals surface area (Å²) in [6.45, 7) is 5.42. The molecule has 0 aromatic heterocycles. The van der Waals surface area contributed by atoms with Crippen molar-refractivity contribution in [2.45, 2.75) is 57.9 Å². The fourth-order valence-electron chi connectivity index (χ4n) is 13.9. The summed E-state index contributed by atoms with van der Waals surface area (Å²) in [4.78, 5) is 5.28. The van der Waals surface area contributed by atoms with Crippen LogP contribution < -0.4 is 9.80 Å². The van der Waals surface area contributed by atoms with Gasteiger partial charge in [0.2, 0.25) is 0 Å². The molecule has 0 bridgehead atoms. The highest BCUT2D eigenvalue weighted by Crippen LogP contribution is 2.53. The molecule has 0 spiro atoms. The number of fused-ring (bicyclic) bond motifs is 6. The second-order valence-corrected chi connectivity index (χ2v) is 22.5. The lowest BCUT2D eigenvalue weighted by Gasteiger charge is -2.36. The molecule has 1 unspecified atom stereocenters. The molecule has 2 heteroatoms. The second kappa shape index (κ2) is 20.3. The van der Waals surface area contributed by atoms with Crippen LogP contribution in [0.4, 0.5) is 28.4 Å². The number of rotatable bonds is 9. The molecule has 1 saturated carbocycles. The maximum absolute atomic E-state index is 3.46. The topological polar surface area (TPSA) is 6.48 Å². The molecule has 13 aromatic carbocycles. The maximum atomic E-state index is 3.46. The van der Waals surface area contributed by atoms with Gasteiger partial charge in [0.15, 0.2) is 0 Å². The molecule has 0 N–H and O–H groups in total. The van der Waals surface area contributed by atoms with Crippen LogP contribution in [-0.2, 0) is 12.8 Å². The molecule has 81 heavy (non-hydrogen) atoms. The van der Waals surface area contributed by atoms with Crippen LogP contribution in [0.15, 0.2) is 273 Å². The lowest BCUT2D eigenvalue weighted by molar-refractivity contribution is 0.773. The van der Waals surface area contributed by atoms with E-state index >= 15 is 0 Å². The quantitative estimate of drug-likeness (QED) is 0.105. The molecule has 0 saturated heterocycles. The van der Waals surface area contributed by atoms with Gasteiger partial charge in [-0.3, -0.25) is 0 Å². The molecule has 0 amide bonds. The Balaban J connectivity index is 0.00000108. The smallest absolute Gasteiger partial charge is 0.0562 e. The highest BCUT2D eigenvalue weighted by molar-refractivity contribution is 6.32. The normalized spacial score (nSPS) is 14.9. The van der Waals surface area contributed by atoms with Gasteiger partial charge in [0, 0.05) is 38.6 Å². The highest BCUT2D eigenvalue weighted by atomic mass is 15.2. The predicted octanol–water partition coefficient (Wildman–Crippen LogP) is 22.2. The van der Waals surface area contributed by atoms with Gasteiger partial charge >= 0.3 is 0 Å². The van der Waals surface area contributed by atoms with Gasteiger partial charge in [0.1, 0.15) is 0 Å². The minimum Gasteiger partial charge on any atom is -0.334 e. The van der Waals surface area contributed by atoms with Gasteiger partial charge in [-0.15, -0.1) is 0 Å². The van der Waals surface area contributed by atoms with E-state index in [9.17, 15) is 0 Å². The Morgan fingerprint density at radius 3 is 1.47 bits per heavy atom. The van der Waals surface area contributed by atoms with Gasteiger partial charge in [0.25, 0.3) is 0 Å². The molecule has 3 aliphatic rings. The van der Waals surface area contributed by atoms with Crippen LogP contribution in [0, 0.1) is 0 Å². The van der Waals surface area contributed by atoms with E-state index in [1.807, 2.05) is 19.1 Å². The minimum absolute atomic E-state index is 0.132. The Morgan fingerprint density at radius 2 is 0.877 bits per heavy atom. The van der Waals surface area contributed by atoms with E-state index in [0.717, 1.165) is 31.4 Å². The van der Waals surface area contributed by atoms with Crippen LogP contribution >= 0.6 is 0 Å². The van der Waals surface area contributed by atoms with Crippen molar-refractivity contribution in [2.24, 2.45) is 0 Å². The molecule has 13 aromatic rings. The number of allylic oxidation sites excluding steroid dienone is 5. The van der Waals surface area contributed by atoms with E-state index < -0.39 is 0 Å². The fraction of sp³-hybridized carbons (Fsp3) is 0.114. The summed E-state index contributed by atoms with van der Waals surface area (Å²) in [7, 11) is 0. The Morgan fingerprint density at radius 1 is 0.407 bits per heavy atom. The SMILES string of the molecule is C1=C2CCCC2=CC(N(c2ccc3ccccc3c2)c2cc(-c3ccc4ccccc4c3)c3ccc4c(N(c5ccc6c(c5)CCC6)c5ccc6ccccc6c5)cc(-c5ccc6ccccc6c5)c5ccc2c3c54)C1.C=C/C=C\C. The van der Waals surface area contributed by atoms with E-state index in [4.69, 9.17) is 0 Å². The minimum atomic E-state index is 0.132. The monoisotopic (exact) mass is 1040 g/mol. The van der Waals surface area contributed by atoms with Gasteiger partial charge in [-0.1, -0.05) is 201 Å². The van der Waals surface area contributed by atoms with E-state index in [0.29, 0.717) is 0 Å². The third-order valence-corrected chi connectivity index (χ3v) is 17.8. The Bertz CT molecular complexity index is 4740. The maximum Gasteiger partial charge on any atom is 0.0562 e. The number of hydrogen-bond acceptors (Lipinski definition) is 2. The molecule has 1 atom stereocenters. The van der Waals surface area contributed by atoms with Crippen LogP contribution in [0.1, 0.15) is 50.2 Å². The summed E-state index contributed by atoms with van der Waals surface area (Å²) in [6.07, 6.45) is 18.7. The summed E-state index contributed by atoms with van der Waals surface area (Å²) in [5.41, 5.74) is 16.9. The van der Waals surface area contributed by atoms with E-state index in [-0.39, 0.29) is 6.04 Å². The number of aryl methyl sites for hydroxylation is 2. The molecule has 1 fully saturated rings. The molecule has 3 aliphatic carbocycles. The van der Waals surface area contributed by atoms with Crippen molar-refractivity contribution in [3.63, 3.8) is 0 Å². The van der Waals surface area contributed by atoms with Gasteiger partial charge in [-0.25, -0.2) is 0 Å². The summed E-state index contributed by atoms with van der Waals surface area (Å²) in [5, 5.41) is 17.6. The van der Waals surface area contributed by atoms with Crippen LogP contribution in [0.3, 0.4) is 0 Å². The van der Waals surface area contributed by atoms with Crippen LogP contribution in [0.25, 0.3) is 97.7 Å². The van der Waals surface area contributed by atoms with Crippen molar-refractivity contribution in [3.05, 3.63) is 284 Å². The first-order valence-electron chi connectivity index (χ1n) is 29.1. The molecule has 0 aliphatic heterocycles. The summed E-state index contributed by atoms with van der Waals surface area (Å²) >= 11 is 0. The number of anilines is 5. The fourth-order valence-corrected chi connectivity index (χ4v) is 13.9. The second-order valence-electron chi connectivity index (χ2n) is 22.5. The van der Waals surface area contributed by atoms with Gasteiger partial charge in [-0.2, -0.15) is 0 Å². The molecule has 16 rings (SSSR count). The average molecular weight is 1040 g/mol. The summed E-state index contributed by atoms with van der Waals surface area (Å²) in [5.74, 6) is 0.